The SMILES string of the molecule is Cc1cc(Cl)ccc1NC(=O)CSc1nnnn1-c1cccc(C)c1C. The van der Waals surface area contributed by atoms with Gasteiger partial charge in [0.2, 0.25) is 11.1 Å². The van der Waals surface area contributed by atoms with E-state index in [1.807, 2.05) is 45.0 Å². The normalized spacial score (nSPS) is 10.8. The van der Waals surface area contributed by atoms with Crippen molar-refractivity contribution in [2.75, 3.05) is 11.1 Å². The quantitative estimate of drug-likeness (QED) is 0.670. The third-order valence-electron chi connectivity index (χ3n) is 4.04. The predicted octanol–water partition coefficient (Wildman–Crippen LogP) is 3.97. The molecule has 0 saturated carbocycles. The first-order valence-electron chi connectivity index (χ1n) is 7.99. The number of aromatic nitrogens is 4. The number of nitrogens with zero attached hydrogens (tertiary/aromatic N) is 4. The highest BCUT2D eigenvalue weighted by Gasteiger charge is 2.14. The molecule has 0 radical (unpaired) electrons. The number of hydrogen-bond donors (Lipinski definition) is 1. The molecular formula is C18H18ClN5OS. The van der Waals surface area contributed by atoms with Crippen molar-refractivity contribution in [3.63, 3.8) is 0 Å². The summed E-state index contributed by atoms with van der Waals surface area (Å²) in [6, 6.07) is 11.3. The second-order valence-electron chi connectivity index (χ2n) is 5.89. The number of hydrogen-bond acceptors (Lipinski definition) is 5. The molecule has 0 aliphatic rings. The predicted molar refractivity (Wildman–Crippen MR) is 104 cm³/mol. The van der Waals surface area contributed by atoms with Gasteiger partial charge in [-0.15, -0.1) is 5.10 Å². The minimum atomic E-state index is -0.129. The zero-order chi connectivity index (χ0) is 18.7. The Kier molecular flexibility index (Phi) is 5.58. The van der Waals surface area contributed by atoms with Gasteiger partial charge in [-0.1, -0.05) is 35.5 Å². The van der Waals surface area contributed by atoms with Crippen molar-refractivity contribution >= 4 is 35.0 Å². The molecule has 0 bridgehead atoms. The molecular weight excluding hydrogens is 370 g/mol. The monoisotopic (exact) mass is 387 g/mol. The van der Waals surface area contributed by atoms with Gasteiger partial charge < -0.3 is 5.32 Å². The molecule has 6 nitrogen and oxygen atoms in total. The lowest BCUT2D eigenvalue weighted by Crippen LogP contribution is -2.15. The molecule has 0 aliphatic heterocycles. The zero-order valence-corrected chi connectivity index (χ0v) is 16.2. The Morgan fingerprint density at radius 1 is 1.19 bits per heavy atom. The first kappa shape index (κ1) is 18.4. The number of carbonyl (C=O) groups is 1. The number of aryl methyl sites for hydroxylation is 2. The van der Waals surface area contributed by atoms with Gasteiger partial charge in [-0.2, -0.15) is 4.68 Å². The van der Waals surface area contributed by atoms with Gasteiger partial charge >= 0.3 is 0 Å². The molecule has 0 aliphatic carbocycles. The van der Waals surface area contributed by atoms with Crippen molar-refractivity contribution in [3.05, 3.63) is 58.1 Å². The summed E-state index contributed by atoms with van der Waals surface area (Å²) in [7, 11) is 0. The van der Waals surface area contributed by atoms with Crippen LogP contribution >= 0.6 is 23.4 Å². The Balaban J connectivity index is 1.70. The van der Waals surface area contributed by atoms with Gasteiger partial charge in [-0.25, -0.2) is 0 Å². The lowest BCUT2D eigenvalue weighted by molar-refractivity contribution is -0.113. The zero-order valence-electron chi connectivity index (χ0n) is 14.7. The van der Waals surface area contributed by atoms with Gasteiger partial charge in [-0.3, -0.25) is 4.79 Å². The van der Waals surface area contributed by atoms with E-state index < -0.39 is 0 Å². The van der Waals surface area contributed by atoms with Crippen LogP contribution < -0.4 is 5.32 Å². The third-order valence-corrected chi connectivity index (χ3v) is 5.19. The molecule has 1 N–H and O–H groups in total. The van der Waals surface area contributed by atoms with Gasteiger partial charge in [0.05, 0.1) is 11.4 Å². The van der Waals surface area contributed by atoms with E-state index in [-0.39, 0.29) is 11.7 Å². The van der Waals surface area contributed by atoms with Gasteiger partial charge in [0.15, 0.2) is 0 Å². The third kappa shape index (κ3) is 4.05. The Morgan fingerprint density at radius 3 is 2.77 bits per heavy atom. The van der Waals surface area contributed by atoms with Crippen LogP contribution in [0, 0.1) is 20.8 Å². The molecule has 0 spiro atoms. The van der Waals surface area contributed by atoms with Crippen LogP contribution in [-0.4, -0.2) is 31.9 Å². The smallest absolute Gasteiger partial charge is 0.234 e. The Bertz CT molecular complexity index is 957. The van der Waals surface area contributed by atoms with Crippen LogP contribution in [0.5, 0.6) is 0 Å². The lowest BCUT2D eigenvalue weighted by Gasteiger charge is -2.10. The number of anilines is 1. The van der Waals surface area contributed by atoms with Crippen LogP contribution in [0.1, 0.15) is 16.7 Å². The Hall–Kier alpha value is -2.38. The van der Waals surface area contributed by atoms with E-state index in [2.05, 4.69) is 20.8 Å². The number of benzene rings is 2. The molecule has 26 heavy (non-hydrogen) atoms. The highest BCUT2D eigenvalue weighted by atomic mass is 35.5. The Morgan fingerprint density at radius 2 is 2.00 bits per heavy atom. The van der Waals surface area contributed by atoms with Crippen molar-refractivity contribution in [2.24, 2.45) is 0 Å². The highest BCUT2D eigenvalue weighted by molar-refractivity contribution is 7.99. The van der Waals surface area contributed by atoms with Crippen molar-refractivity contribution in [3.8, 4) is 5.69 Å². The summed E-state index contributed by atoms with van der Waals surface area (Å²) in [5.41, 5.74) is 4.82. The molecule has 0 unspecified atom stereocenters. The minimum Gasteiger partial charge on any atom is -0.325 e. The molecule has 0 fully saturated rings. The maximum atomic E-state index is 12.3. The topological polar surface area (TPSA) is 72.7 Å². The molecule has 1 aromatic heterocycles. The number of rotatable bonds is 5. The van der Waals surface area contributed by atoms with E-state index in [0.717, 1.165) is 28.1 Å². The van der Waals surface area contributed by atoms with Crippen LogP contribution in [0.2, 0.25) is 5.02 Å². The molecule has 3 rings (SSSR count). The Labute approximate surface area is 160 Å². The average Bonchev–Trinajstić information content (AvgIpc) is 3.06. The number of halogens is 1. The molecule has 2 aromatic carbocycles. The molecule has 0 saturated heterocycles. The number of thioether (sulfide) groups is 1. The van der Waals surface area contributed by atoms with E-state index >= 15 is 0 Å². The van der Waals surface area contributed by atoms with Crippen molar-refractivity contribution in [1.29, 1.82) is 0 Å². The van der Waals surface area contributed by atoms with Crippen LogP contribution in [0.15, 0.2) is 41.6 Å². The lowest BCUT2D eigenvalue weighted by atomic mass is 10.1. The number of carbonyl (C=O) groups excluding carboxylic acids is 1. The molecule has 1 amide bonds. The molecule has 134 valence electrons. The van der Waals surface area contributed by atoms with Gasteiger partial charge in [0, 0.05) is 10.7 Å². The fourth-order valence-corrected chi connectivity index (χ4v) is 3.38. The van der Waals surface area contributed by atoms with E-state index in [4.69, 9.17) is 11.6 Å². The fourth-order valence-electron chi connectivity index (χ4n) is 2.47. The van der Waals surface area contributed by atoms with E-state index in [1.54, 1.807) is 16.8 Å². The summed E-state index contributed by atoms with van der Waals surface area (Å²) in [5, 5.41) is 15.9. The van der Waals surface area contributed by atoms with Gasteiger partial charge in [0.25, 0.3) is 0 Å². The van der Waals surface area contributed by atoms with E-state index in [9.17, 15) is 4.79 Å². The largest absolute Gasteiger partial charge is 0.325 e. The van der Waals surface area contributed by atoms with Crippen molar-refractivity contribution in [2.45, 2.75) is 25.9 Å². The van der Waals surface area contributed by atoms with Gasteiger partial charge in [0.1, 0.15) is 0 Å². The second kappa shape index (κ2) is 7.88. The molecule has 1 heterocycles. The van der Waals surface area contributed by atoms with E-state index in [1.165, 1.54) is 11.8 Å². The van der Waals surface area contributed by atoms with E-state index in [0.29, 0.717) is 10.2 Å². The molecule has 0 atom stereocenters. The first-order valence-corrected chi connectivity index (χ1v) is 9.36. The summed E-state index contributed by atoms with van der Waals surface area (Å²) < 4.78 is 1.66. The summed E-state index contributed by atoms with van der Waals surface area (Å²) in [5.74, 6) is 0.0729. The maximum Gasteiger partial charge on any atom is 0.234 e. The second-order valence-corrected chi connectivity index (χ2v) is 7.27. The standard InChI is InChI=1S/C18H18ClN5OS/c1-11-5-4-6-16(13(11)3)24-18(21-22-23-24)26-10-17(25)20-15-8-7-14(19)9-12(15)2/h4-9H,10H2,1-3H3,(H,20,25). The maximum absolute atomic E-state index is 12.3. The summed E-state index contributed by atoms with van der Waals surface area (Å²) >= 11 is 7.23. The van der Waals surface area contributed by atoms with Gasteiger partial charge in [-0.05, 0) is 72.2 Å². The fraction of sp³-hybridized carbons (Fsp3) is 0.222. The van der Waals surface area contributed by atoms with Crippen LogP contribution in [-0.2, 0) is 4.79 Å². The molecule has 8 heteroatoms. The van der Waals surface area contributed by atoms with Crippen LogP contribution in [0.3, 0.4) is 0 Å². The van der Waals surface area contributed by atoms with Crippen molar-refractivity contribution in [1.82, 2.24) is 20.2 Å². The highest BCUT2D eigenvalue weighted by Crippen LogP contribution is 2.23. The minimum absolute atomic E-state index is 0.129. The van der Waals surface area contributed by atoms with Crippen LogP contribution in [0.4, 0.5) is 5.69 Å². The first-order chi connectivity index (χ1) is 12.5. The summed E-state index contributed by atoms with van der Waals surface area (Å²) in [4.78, 5) is 12.3. The summed E-state index contributed by atoms with van der Waals surface area (Å²) in [6.07, 6.45) is 0. The van der Waals surface area contributed by atoms with Crippen molar-refractivity contribution < 1.29 is 4.79 Å². The average molecular weight is 388 g/mol. The molecule has 3 aromatic rings. The number of tetrazole rings is 1. The number of amides is 1. The number of nitrogens with one attached hydrogen (secondary N) is 1. The van der Waals surface area contributed by atoms with Crippen LogP contribution in [0.25, 0.3) is 5.69 Å². The summed E-state index contributed by atoms with van der Waals surface area (Å²) in [6.45, 7) is 5.96.